The molecule has 2 heterocycles. The number of likely N-dealkylation sites (tertiary alicyclic amines) is 1. The van der Waals surface area contributed by atoms with Crippen LogP contribution in [0.4, 0.5) is 0 Å². The lowest BCUT2D eigenvalue weighted by atomic mass is 10.0. The number of pyridine rings is 1. The van der Waals surface area contributed by atoms with Gasteiger partial charge in [0.1, 0.15) is 29.4 Å². The van der Waals surface area contributed by atoms with Gasteiger partial charge in [-0.1, -0.05) is 36.9 Å². The quantitative estimate of drug-likeness (QED) is 0.530. The second kappa shape index (κ2) is 9.99. The number of benzene rings is 2. The van der Waals surface area contributed by atoms with Gasteiger partial charge in [-0.05, 0) is 42.3 Å². The normalized spacial score (nSPS) is 15.2. The molecule has 0 saturated carbocycles. The predicted octanol–water partition coefficient (Wildman–Crippen LogP) is 4.05. The molecule has 3 aromatic rings. The van der Waals surface area contributed by atoms with E-state index in [0.29, 0.717) is 36.9 Å². The van der Waals surface area contributed by atoms with Crippen LogP contribution in [0.15, 0.2) is 79.5 Å². The van der Waals surface area contributed by atoms with Gasteiger partial charge in [-0.15, -0.1) is 0 Å². The van der Waals surface area contributed by atoms with Gasteiger partial charge in [-0.25, -0.2) is 0 Å². The molecule has 0 aliphatic carbocycles. The van der Waals surface area contributed by atoms with Crippen LogP contribution in [0, 0.1) is 0 Å². The van der Waals surface area contributed by atoms with Crippen molar-refractivity contribution in [2.45, 2.75) is 18.9 Å². The first-order chi connectivity index (χ1) is 16.0. The van der Waals surface area contributed by atoms with Crippen LogP contribution in [-0.2, 0) is 11.4 Å². The van der Waals surface area contributed by atoms with E-state index in [1.54, 1.807) is 35.2 Å². The summed E-state index contributed by atoms with van der Waals surface area (Å²) in [6, 6.07) is 18.8. The Bertz CT molecular complexity index is 1150. The molecule has 1 aliphatic rings. The molecule has 1 atom stereocenters. The van der Waals surface area contributed by atoms with Gasteiger partial charge >= 0.3 is 0 Å². The topological polar surface area (TPSA) is 94.8 Å². The van der Waals surface area contributed by atoms with Crippen molar-refractivity contribution in [3.63, 3.8) is 0 Å². The average molecular weight is 444 g/mol. The van der Waals surface area contributed by atoms with Crippen molar-refractivity contribution in [3.05, 3.63) is 96.3 Å². The van der Waals surface area contributed by atoms with Crippen molar-refractivity contribution in [2.75, 3.05) is 13.1 Å². The highest BCUT2D eigenvalue weighted by molar-refractivity contribution is 5.95. The number of carbonyl (C=O) groups excluding carboxylic acids is 2. The Hall–Kier alpha value is -4.13. The summed E-state index contributed by atoms with van der Waals surface area (Å²) in [5, 5.41) is 0. The molecule has 1 saturated heterocycles. The fourth-order valence-corrected chi connectivity index (χ4v) is 3.75. The molecule has 168 valence electrons. The molecule has 2 amide bonds. The maximum Gasteiger partial charge on any atom is 0.254 e. The summed E-state index contributed by atoms with van der Waals surface area (Å²) >= 11 is 0. The monoisotopic (exact) mass is 443 g/mol. The maximum absolute atomic E-state index is 11.9. The zero-order valence-electron chi connectivity index (χ0n) is 18.1. The van der Waals surface area contributed by atoms with Crippen LogP contribution in [0.5, 0.6) is 17.2 Å². The summed E-state index contributed by atoms with van der Waals surface area (Å²) < 4.78 is 11.8. The SMILES string of the molecule is C=CC(=O)N1CCC(c2cc(Oc3ccc(OCc4ccccc4)cc3)c(C(N)=O)cn2)C1. The van der Waals surface area contributed by atoms with Crippen LogP contribution in [0.2, 0.25) is 0 Å². The summed E-state index contributed by atoms with van der Waals surface area (Å²) in [7, 11) is 0. The molecule has 4 rings (SSSR count). The second-order valence-electron chi connectivity index (χ2n) is 7.79. The summed E-state index contributed by atoms with van der Waals surface area (Å²) in [4.78, 5) is 29.9. The summed E-state index contributed by atoms with van der Waals surface area (Å²) in [5.74, 6) is 0.899. The molecule has 1 aliphatic heterocycles. The van der Waals surface area contributed by atoms with Gasteiger partial charge in [0, 0.05) is 37.0 Å². The van der Waals surface area contributed by atoms with Crippen LogP contribution in [0.1, 0.15) is 34.0 Å². The molecule has 7 nitrogen and oxygen atoms in total. The lowest BCUT2D eigenvalue weighted by molar-refractivity contribution is -0.125. The van der Waals surface area contributed by atoms with Gasteiger partial charge in [0.15, 0.2) is 0 Å². The Balaban J connectivity index is 1.47. The third-order valence-electron chi connectivity index (χ3n) is 5.55. The van der Waals surface area contributed by atoms with Gasteiger partial charge in [-0.3, -0.25) is 14.6 Å². The fraction of sp³-hybridized carbons (Fsp3) is 0.192. The highest BCUT2D eigenvalue weighted by Crippen LogP contribution is 2.32. The zero-order chi connectivity index (χ0) is 23.2. The van der Waals surface area contributed by atoms with Crippen LogP contribution in [-0.4, -0.2) is 34.8 Å². The van der Waals surface area contributed by atoms with Crippen LogP contribution in [0.3, 0.4) is 0 Å². The van der Waals surface area contributed by atoms with E-state index in [1.165, 1.54) is 12.3 Å². The number of hydrogen-bond acceptors (Lipinski definition) is 5. The fourth-order valence-electron chi connectivity index (χ4n) is 3.75. The van der Waals surface area contributed by atoms with E-state index < -0.39 is 5.91 Å². The molecular formula is C26H25N3O4. The van der Waals surface area contributed by atoms with Crippen molar-refractivity contribution in [1.29, 1.82) is 0 Å². The maximum atomic E-state index is 11.9. The Morgan fingerprint density at radius 3 is 2.55 bits per heavy atom. The van der Waals surface area contributed by atoms with Gasteiger partial charge in [-0.2, -0.15) is 0 Å². The first-order valence-corrected chi connectivity index (χ1v) is 10.7. The molecule has 0 bridgehead atoms. The van der Waals surface area contributed by atoms with E-state index in [2.05, 4.69) is 11.6 Å². The van der Waals surface area contributed by atoms with E-state index in [4.69, 9.17) is 15.2 Å². The van der Waals surface area contributed by atoms with E-state index in [-0.39, 0.29) is 17.4 Å². The predicted molar refractivity (Wildman–Crippen MR) is 124 cm³/mol. The molecule has 33 heavy (non-hydrogen) atoms. The number of aromatic nitrogens is 1. The van der Waals surface area contributed by atoms with E-state index in [1.807, 2.05) is 30.3 Å². The molecule has 1 aromatic heterocycles. The molecule has 0 radical (unpaired) electrons. The van der Waals surface area contributed by atoms with Crippen molar-refractivity contribution < 1.29 is 19.1 Å². The second-order valence-corrected chi connectivity index (χ2v) is 7.79. The minimum Gasteiger partial charge on any atom is -0.489 e. The van der Waals surface area contributed by atoms with E-state index >= 15 is 0 Å². The lowest BCUT2D eigenvalue weighted by Gasteiger charge is -2.16. The van der Waals surface area contributed by atoms with Crippen LogP contribution < -0.4 is 15.2 Å². The minimum atomic E-state index is -0.623. The smallest absolute Gasteiger partial charge is 0.254 e. The molecule has 2 N–H and O–H groups in total. The first-order valence-electron chi connectivity index (χ1n) is 10.7. The van der Waals surface area contributed by atoms with E-state index in [9.17, 15) is 9.59 Å². The number of hydrogen-bond donors (Lipinski definition) is 1. The van der Waals surface area contributed by atoms with Gasteiger partial charge in [0.2, 0.25) is 5.91 Å². The van der Waals surface area contributed by atoms with Crippen molar-refractivity contribution in [2.24, 2.45) is 5.73 Å². The van der Waals surface area contributed by atoms with E-state index in [0.717, 1.165) is 17.7 Å². The molecule has 7 heteroatoms. The van der Waals surface area contributed by atoms with Crippen molar-refractivity contribution in [1.82, 2.24) is 9.88 Å². The number of ether oxygens (including phenoxy) is 2. The largest absolute Gasteiger partial charge is 0.489 e. The van der Waals surface area contributed by atoms with Gasteiger partial charge in [0.05, 0.1) is 0 Å². The molecule has 1 unspecified atom stereocenters. The summed E-state index contributed by atoms with van der Waals surface area (Å²) in [6.07, 6.45) is 3.52. The summed E-state index contributed by atoms with van der Waals surface area (Å²) in [5.41, 5.74) is 7.55. The standard InChI is InChI=1S/C26H25N3O4/c1-2-25(30)29-13-12-19(16-29)23-14-24(22(15-28-23)26(27)31)33-21-10-8-20(9-11-21)32-17-18-6-4-3-5-7-18/h2-11,14-15,19H,1,12-13,16-17H2,(H2,27,31). The third-order valence-corrected chi connectivity index (χ3v) is 5.55. The number of nitrogens with two attached hydrogens (primary N) is 1. The van der Waals surface area contributed by atoms with Crippen molar-refractivity contribution >= 4 is 11.8 Å². The highest BCUT2D eigenvalue weighted by atomic mass is 16.5. The number of primary amides is 1. The van der Waals surface area contributed by atoms with Gasteiger partial charge in [0.25, 0.3) is 5.91 Å². The molecule has 2 aromatic carbocycles. The molecule has 0 spiro atoms. The number of rotatable bonds is 8. The Kier molecular flexibility index (Phi) is 6.69. The zero-order valence-corrected chi connectivity index (χ0v) is 18.1. The van der Waals surface area contributed by atoms with Crippen LogP contribution >= 0.6 is 0 Å². The van der Waals surface area contributed by atoms with Gasteiger partial charge < -0.3 is 20.1 Å². The third kappa shape index (κ3) is 5.38. The first kappa shape index (κ1) is 22.1. The number of carbonyl (C=O) groups is 2. The molecular weight excluding hydrogens is 418 g/mol. The minimum absolute atomic E-state index is 0.0481. The van der Waals surface area contributed by atoms with Crippen molar-refractivity contribution in [3.8, 4) is 17.2 Å². The number of nitrogens with zero attached hydrogens (tertiary/aromatic N) is 2. The average Bonchev–Trinajstić information content (AvgIpc) is 3.34. The Labute approximate surface area is 192 Å². The Morgan fingerprint density at radius 2 is 1.85 bits per heavy atom. The lowest BCUT2D eigenvalue weighted by Crippen LogP contribution is -2.26. The summed E-state index contributed by atoms with van der Waals surface area (Å²) in [6.45, 7) is 5.18. The highest BCUT2D eigenvalue weighted by Gasteiger charge is 2.28. The van der Waals surface area contributed by atoms with Crippen LogP contribution in [0.25, 0.3) is 0 Å². The Morgan fingerprint density at radius 1 is 1.12 bits per heavy atom. The number of amides is 2. The molecule has 1 fully saturated rings.